The third-order valence-corrected chi connectivity index (χ3v) is 3.85. The molecule has 0 bridgehead atoms. The lowest BCUT2D eigenvalue weighted by molar-refractivity contribution is 0.0377. The second kappa shape index (κ2) is 10.9. The SMILES string of the molecule is CC(C)COC(=NCCCN1CCOCC1)NC(=O)c1cccc(F)c1. The van der Waals surface area contributed by atoms with Crippen LogP contribution in [0.2, 0.25) is 0 Å². The zero-order chi connectivity index (χ0) is 18.8. The monoisotopic (exact) mass is 365 g/mol. The van der Waals surface area contributed by atoms with E-state index in [0.29, 0.717) is 19.1 Å². The van der Waals surface area contributed by atoms with E-state index < -0.39 is 11.7 Å². The van der Waals surface area contributed by atoms with Gasteiger partial charge in [-0.05, 0) is 30.5 Å². The summed E-state index contributed by atoms with van der Waals surface area (Å²) in [7, 11) is 0. The zero-order valence-corrected chi connectivity index (χ0v) is 15.5. The highest BCUT2D eigenvalue weighted by atomic mass is 19.1. The third kappa shape index (κ3) is 7.49. The van der Waals surface area contributed by atoms with Crippen molar-refractivity contribution in [1.82, 2.24) is 10.2 Å². The van der Waals surface area contributed by atoms with Gasteiger partial charge >= 0.3 is 0 Å². The van der Waals surface area contributed by atoms with Gasteiger partial charge in [-0.1, -0.05) is 19.9 Å². The number of nitrogens with one attached hydrogen (secondary N) is 1. The van der Waals surface area contributed by atoms with E-state index in [1.165, 1.54) is 18.2 Å². The van der Waals surface area contributed by atoms with Gasteiger partial charge in [0, 0.05) is 31.7 Å². The highest BCUT2D eigenvalue weighted by molar-refractivity contribution is 6.04. The van der Waals surface area contributed by atoms with E-state index in [9.17, 15) is 9.18 Å². The minimum Gasteiger partial charge on any atom is -0.465 e. The van der Waals surface area contributed by atoms with Crippen molar-refractivity contribution in [3.05, 3.63) is 35.6 Å². The number of rotatable bonds is 7. The molecule has 7 heteroatoms. The molecule has 1 aliphatic heterocycles. The molecule has 1 aliphatic rings. The number of aliphatic imine (C=N–C) groups is 1. The maximum atomic E-state index is 13.3. The van der Waals surface area contributed by atoms with E-state index in [0.717, 1.165) is 39.3 Å². The summed E-state index contributed by atoms with van der Waals surface area (Å²) in [6.45, 7) is 9.40. The zero-order valence-electron chi connectivity index (χ0n) is 15.5. The van der Waals surface area contributed by atoms with Crippen molar-refractivity contribution < 1.29 is 18.7 Å². The summed E-state index contributed by atoms with van der Waals surface area (Å²) in [4.78, 5) is 19.0. The Morgan fingerprint density at radius 1 is 1.38 bits per heavy atom. The molecular weight excluding hydrogens is 337 g/mol. The summed E-state index contributed by atoms with van der Waals surface area (Å²) in [5.74, 6) is -0.579. The Bertz CT molecular complexity index is 601. The molecule has 1 amide bonds. The summed E-state index contributed by atoms with van der Waals surface area (Å²) < 4.78 is 24.2. The molecule has 1 aromatic carbocycles. The molecule has 26 heavy (non-hydrogen) atoms. The molecule has 0 unspecified atom stereocenters. The van der Waals surface area contributed by atoms with Crippen molar-refractivity contribution in [2.24, 2.45) is 10.9 Å². The van der Waals surface area contributed by atoms with E-state index in [1.807, 2.05) is 13.8 Å². The Labute approximate surface area is 154 Å². The van der Waals surface area contributed by atoms with Crippen LogP contribution in [-0.4, -0.2) is 62.8 Å². The normalized spacial score (nSPS) is 15.9. The van der Waals surface area contributed by atoms with E-state index >= 15 is 0 Å². The first kappa shape index (κ1) is 20.3. The van der Waals surface area contributed by atoms with Crippen molar-refractivity contribution >= 4 is 11.9 Å². The van der Waals surface area contributed by atoms with Crippen molar-refractivity contribution in [1.29, 1.82) is 0 Å². The average Bonchev–Trinajstić information content (AvgIpc) is 2.63. The quantitative estimate of drug-likeness (QED) is 0.458. The molecule has 0 aliphatic carbocycles. The Kier molecular flexibility index (Phi) is 8.50. The van der Waals surface area contributed by atoms with Crippen LogP contribution in [0.15, 0.2) is 29.3 Å². The van der Waals surface area contributed by atoms with Gasteiger partial charge in [-0.3, -0.25) is 15.0 Å². The van der Waals surface area contributed by atoms with E-state index in [1.54, 1.807) is 6.07 Å². The molecule has 0 radical (unpaired) electrons. The number of ether oxygens (including phenoxy) is 2. The lowest BCUT2D eigenvalue weighted by atomic mass is 10.2. The third-order valence-electron chi connectivity index (χ3n) is 3.85. The van der Waals surface area contributed by atoms with Gasteiger partial charge in [0.15, 0.2) is 0 Å². The highest BCUT2D eigenvalue weighted by Gasteiger charge is 2.12. The lowest BCUT2D eigenvalue weighted by Crippen LogP contribution is -2.37. The highest BCUT2D eigenvalue weighted by Crippen LogP contribution is 2.04. The Morgan fingerprint density at radius 3 is 2.85 bits per heavy atom. The Hall–Kier alpha value is -1.99. The average molecular weight is 365 g/mol. The van der Waals surface area contributed by atoms with E-state index in [2.05, 4.69) is 15.2 Å². The summed E-state index contributed by atoms with van der Waals surface area (Å²) in [5, 5.41) is 2.64. The van der Waals surface area contributed by atoms with Crippen LogP contribution in [-0.2, 0) is 9.47 Å². The number of carbonyl (C=O) groups excluding carboxylic acids is 1. The molecule has 0 saturated carbocycles. The number of halogens is 1. The second-order valence-electron chi connectivity index (χ2n) is 6.66. The molecule has 6 nitrogen and oxygen atoms in total. The first-order valence-corrected chi connectivity index (χ1v) is 9.09. The van der Waals surface area contributed by atoms with Crippen molar-refractivity contribution in [2.75, 3.05) is 46.0 Å². The fraction of sp³-hybridized carbons (Fsp3) is 0.579. The van der Waals surface area contributed by atoms with Gasteiger partial charge in [-0.15, -0.1) is 0 Å². The van der Waals surface area contributed by atoms with Crippen molar-refractivity contribution in [3.63, 3.8) is 0 Å². The minimum absolute atomic E-state index is 0.190. The predicted octanol–water partition coefficient (Wildman–Crippen LogP) is 2.31. The van der Waals surface area contributed by atoms with Gasteiger partial charge in [0.05, 0.1) is 19.8 Å². The molecule has 144 valence electrons. The fourth-order valence-corrected chi connectivity index (χ4v) is 2.47. The smallest absolute Gasteiger partial charge is 0.291 e. The van der Waals surface area contributed by atoms with Gasteiger partial charge in [0.25, 0.3) is 11.9 Å². The largest absolute Gasteiger partial charge is 0.465 e. The molecule has 1 fully saturated rings. The van der Waals surface area contributed by atoms with Crippen LogP contribution in [0.25, 0.3) is 0 Å². The fourth-order valence-electron chi connectivity index (χ4n) is 2.47. The first-order chi connectivity index (χ1) is 12.5. The maximum Gasteiger partial charge on any atom is 0.291 e. The molecule has 1 aromatic rings. The first-order valence-electron chi connectivity index (χ1n) is 9.09. The summed E-state index contributed by atoms with van der Waals surface area (Å²) in [6, 6.07) is 5.73. The second-order valence-corrected chi connectivity index (χ2v) is 6.66. The molecule has 0 aromatic heterocycles. The summed E-state index contributed by atoms with van der Waals surface area (Å²) in [6.07, 6.45) is 0.865. The number of carbonyl (C=O) groups is 1. The number of nitrogens with zero attached hydrogens (tertiary/aromatic N) is 2. The van der Waals surface area contributed by atoms with Crippen LogP contribution in [0.4, 0.5) is 4.39 Å². The van der Waals surface area contributed by atoms with E-state index in [-0.39, 0.29) is 11.6 Å². The van der Waals surface area contributed by atoms with Crippen molar-refractivity contribution in [2.45, 2.75) is 20.3 Å². The standard InChI is InChI=1S/C19H28FN3O3/c1-15(2)14-26-19(21-7-4-8-23-9-11-25-12-10-23)22-18(24)16-5-3-6-17(20)13-16/h3,5-6,13,15H,4,7-12,14H2,1-2H3,(H,21,22,24). The van der Waals surface area contributed by atoms with Gasteiger partial charge in [0.1, 0.15) is 5.82 Å². The Morgan fingerprint density at radius 2 is 2.15 bits per heavy atom. The molecular formula is C19H28FN3O3. The summed E-state index contributed by atoms with van der Waals surface area (Å²) >= 11 is 0. The van der Waals surface area contributed by atoms with E-state index in [4.69, 9.17) is 9.47 Å². The minimum atomic E-state index is -0.454. The molecule has 1 N–H and O–H groups in total. The van der Waals surface area contributed by atoms with Gasteiger partial charge in [0.2, 0.25) is 0 Å². The van der Waals surface area contributed by atoms with Crippen LogP contribution in [0.3, 0.4) is 0 Å². The van der Waals surface area contributed by atoms with Crippen LogP contribution in [0, 0.1) is 11.7 Å². The summed E-state index contributed by atoms with van der Waals surface area (Å²) in [5.41, 5.74) is 0.235. The number of amidine groups is 1. The van der Waals surface area contributed by atoms with Crippen LogP contribution >= 0.6 is 0 Å². The lowest BCUT2D eigenvalue weighted by Gasteiger charge is -2.26. The maximum absolute atomic E-state index is 13.3. The van der Waals surface area contributed by atoms with Crippen LogP contribution in [0.1, 0.15) is 30.6 Å². The number of hydrogen-bond acceptors (Lipinski definition) is 5. The number of benzene rings is 1. The molecule has 1 saturated heterocycles. The molecule has 0 atom stereocenters. The number of morpholine rings is 1. The van der Waals surface area contributed by atoms with Crippen molar-refractivity contribution in [3.8, 4) is 0 Å². The Balaban J connectivity index is 1.87. The van der Waals surface area contributed by atoms with Gasteiger partial charge in [-0.2, -0.15) is 0 Å². The number of hydrogen-bond donors (Lipinski definition) is 1. The van der Waals surface area contributed by atoms with Gasteiger partial charge < -0.3 is 9.47 Å². The number of amides is 1. The van der Waals surface area contributed by atoms with Gasteiger partial charge in [-0.25, -0.2) is 9.38 Å². The molecule has 2 rings (SSSR count). The van der Waals surface area contributed by atoms with Crippen LogP contribution < -0.4 is 5.32 Å². The topological polar surface area (TPSA) is 63.2 Å². The predicted molar refractivity (Wildman–Crippen MR) is 98.8 cm³/mol. The molecule has 0 spiro atoms. The molecule has 1 heterocycles. The van der Waals surface area contributed by atoms with Crippen LogP contribution in [0.5, 0.6) is 0 Å².